The van der Waals surface area contributed by atoms with Crippen molar-refractivity contribution in [2.75, 3.05) is 56.3 Å². The van der Waals surface area contributed by atoms with Gasteiger partial charge in [-0.1, -0.05) is 25.1 Å². The van der Waals surface area contributed by atoms with Crippen LogP contribution in [0, 0.1) is 12.7 Å². The van der Waals surface area contributed by atoms with Crippen molar-refractivity contribution in [1.82, 2.24) is 15.5 Å². The molecule has 0 spiro atoms. The minimum atomic E-state index is -4.72. The van der Waals surface area contributed by atoms with Gasteiger partial charge in [-0.3, -0.25) is 4.31 Å². The number of likely N-dealkylation sites (tertiary alicyclic amines) is 1. The van der Waals surface area contributed by atoms with Gasteiger partial charge in [0, 0.05) is 37.8 Å². The number of methoxy groups -OCH3 is 1. The van der Waals surface area contributed by atoms with E-state index >= 15 is 4.39 Å². The summed E-state index contributed by atoms with van der Waals surface area (Å²) in [4.78, 5) is 6.50. The van der Waals surface area contributed by atoms with Crippen molar-refractivity contribution in [3.8, 4) is 5.75 Å². The molecular weight excluding hydrogens is 612 g/mol. The van der Waals surface area contributed by atoms with Crippen LogP contribution in [0.2, 0.25) is 0 Å². The fraction of sp³-hybridized carbons (Fsp3) is 0.516. The number of hydrogen-bond donors (Lipinski definition) is 3. The number of nitrogens with zero attached hydrogens (tertiary/aromatic N) is 3. The number of ether oxygens (including phenoxy) is 1. The molecule has 3 rings (SSSR count). The third-order valence-corrected chi connectivity index (χ3v) is 9.06. The number of nitrogens with one attached hydrogen (secondary N) is 3. The molecule has 1 aliphatic heterocycles. The van der Waals surface area contributed by atoms with Gasteiger partial charge in [-0.15, -0.1) is 0 Å². The van der Waals surface area contributed by atoms with E-state index < -0.39 is 33.4 Å². The summed E-state index contributed by atoms with van der Waals surface area (Å²) in [7, 11) is -0.814. The van der Waals surface area contributed by atoms with E-state index in [0.29, 0.717) is 29.1 Å². The molecule has 0 radical (unpaired) electrons. The maximum Gasteiger partial charge on any atom is 0.419 e. The van der Waals surface area contributed by atoms with Crippen LogP contribution < -0.4 is 25.0 Å². The molecule has 45 heavy (non-hydrogen) atoms. The van der Waals surface area contributed by atoms with E-state index in [1.807, 2.05) is 0 Å². The first-order valence-corrected chi connectivity index (χ1v) is 16.6. The van der Waals surface area contributed by atoms with E-state index in [2.05, 4.69) is 32.8 Å². The van der Waals surface area contributed by atoms with Crippen molar-refractivity contribution in [3.63, 3.8) is 0 Å². The minimum absolute atomic E-state index is 0.140. The molecule has 0 bridgehead atoms. The van der Waals surface area contributed by atoms with Crippen LogP contribution in [0.25, 0.3) is 0 Å². The monoisotopic (exact) mass is 656 g/mol. The SMILES string of the molecule is CC=C(C(=NCNc1cc(F)c(CNC2CCN(CC)CC2)cc1OC)NCc1ccc(C)cc1N(C)S(C)(=O)=O)C(F)(F)F. The first kappa shape index (κ1) is 36.1. The first-order chi connectivity index (χ1) is 21.2. The third-order valence-electron chi connectivity index (χ3n) is 7.86. The maximum absolute atomic E-state index is 15.1. The van der Waals surface area contributed by atoms with Crippen molar-refractivity contribution in [3.05, 3.63) is 64.5 Å². The predicted molar refractivity (Wildman–Crippen MR) is 172 cm³/mol. The van der Waals surface area contributed by atoms with Crippen molar-refractivity contribution >= 4 is 27.2 Å². The van der Waals surface area contributed by atoms with Crippen LogP contribution in [0.15, 0.2) is 47.0 Å². The highest BCUT2D eigenvalue weighted by Crippen LogP contribution is 2.30. The molecule has 0 aliphatic carbocycles. The Bertz CT molecular complexity index is 1470. The second-order valence-corrected chi connectivity index (χ2v) is 13.0. The summed E-state index contributed by atoms with van der Waals surface area (Å²) in [6.07, 6.45) is -0.813. The van der Waals surface area contributed by atoms with Crippen LogP contribution in [0.1, 0.15) is 43.4 Å². The zero-order valence-electron chi connectivity index (χ0n) is 26.7. The lowest BCUT2D eigenvalue weighted by Gasteiger charge is -2.31. The molecule has 0 amide bonds. The quantitative estimate of drug-likeness (QED) is 0.155. The van der Waals surface area contributed by atoms with Crippen molar-refractivity contribution in [1.29, 1.82) is 0 Å². The first-order valence-electron chi connectivity index (χ1n) is 14.8. The van der Waals surface area contributed by atoms with Gasteiger partial charge in [0.2, 0.25) is 10.0 Å². The lowest BCUT2D eigenvalue weighted by atomic mass is 10.0. The third kappa shape index (κ3) is 10.1. The molecule has 0 aromatic heterocycles. The van der Waals surface area contributed by atoms with Gasteiger partial charge in [-0.25, -0.2) is 17.8 Å². The van der Waals surface area contributed by atoms with Crippen molar-refractivity contribution in [2.45, 2.75) is 58.9 Å². The summed E-state index contributed by atoms with van der Waals surface area (Å²) in [6, 6.07) is 8.14. The molecule has 9 nitrogen and oxygen atoms in total. The summed E-state index contributed by atoms with van der Waals surface area (Å²) in [5.41, 5.74) is 1.23. The molecule has 2 aromatic rings. The summed E-state index contributed by atoms with van der Waals surface area (Å²) >= 11 is 0. The molecule has 1 aliphatic rings. The normalized spacial score (nSPS) is 15.7. The molecule has 1 fully saturated rings. The number of benzene rings is 2. The number of sulfonamides is 1. The van der Waals surface area contributed by atoms with Gasteiger partial charge in [-0.2, -0.15) is 13.2 Å². The highest BCUT2D eigenvalue weighted by Gasteiger charge is 2.36. The number of rotatable bonds is 13. The molecule has 250 valence electrons. The van der Waals surface area contributed by atoms with Gasteiger partial charge >= 0.3 is 6.18 Å². The van der Waals surface area contributed by atoms with Crippen LogP contribution in [0.4, 0.5) is 28.9 Å². The van der Waals surface area contributed by atoms with E-state index in [0.717, 1.165) is 54.7 Å². The zero-order chi connectivity index (χ0) is 33.4. The Labute approximate surface area is 263 Å². The Morgan fingerprint density at radius 3 is 2.42 bits per heavy atom. The Morgan fingerprint density at radius 1 is 1.16 bits per heavy atom. The number of anilines is 2. The standard InChI is InChI=1S/C31H44F4N6O3S/c1-7-25(31(33,34)35)30(37-18-22-10-9-21(3)15-28(22)40(4)45(6,42)43)39-20-38-27-17-26(32)23(16-29(27)44-5)19-36-24-11-13-41(8-2)14-12-24/h7,9-10,15-17,24,36,38H,8,11-14,18-20H2,1-6H3,(H,37,39). The van der Waals surface area contributed by atoms with E-state index in [1.165, 1.54) is 27.1 Å². The van der Waals surface area contributed by atoms with Crippen LogP contribution >= 0.6 is 0 Å². The summed E-state index contributed by atoms with van der Waals surface area (Å²) < 4.78 is 87.8. The zero-order valence-corrected chi connectivity index (χ0v) is 27.5. The topological polar surface area (TPSA) is 98.3 Å². The maximum atomic E-state index is 15.1. The lowest BCUT2D eigenvalue weighted by Crippen LogP contribution is -2.42. The highest BCUT2D eigenvalue weighted by atomic mass is 32.2. The number of aliphatic imine (C=N–C) groups is 1. The fourth-order valence-electron chi connectivity index (χ4n) is 5.09. The number of allylic oxidation sites excluding steroid dienone is 1. The van der Waals surface area contributed by atoms with E-state index in [1.54, 1.807) is 31.2 Å². The summed E-state index contributed by atoms with van der Waals surface area (Å²) in [5.74, 6) is -0.611. The number of amidine groups is 1. The van der Waals surface area contributed by atoms with Crippen LogP contribution in [0.5, 0.6) is 5.75 Å². The average Bonchev–Trinajstić information content (AvgIpc) is 2.98. The molecule has 0 saturated carbocycles. The Balaban J connectivity index is 1.78. The average molecular weight is 657 g/mol. The van der Waals surface area contributed by atoms with Gasteiger partial charge in [0.25, 0.3) is 0 Å². The second-order valence-electron chi connectivity index (χ2n) is 11.0. The molecular formula is C31H44F4N6O3S. The smallest absolute Gasteiger partial charge is 0.419 e. The Morgan fingerprint density at radius 2 is 1.84 bits per heavy atom. The number of halogens is 4. The fourth-order valence-corrected chi connectivity index (χ4v) is 5.62. The second kappa shape index (κ2) is 15.8. The van der Waals surface area contributed by atoms with Gasteiger partial charge in [0.05, 0.1) is 30.3 Å². The van der Waals surface area contributed by atoms with Gasteiger partial charge in [0.15, 0.2) is 0 Å². The molecule has 0 atom stereocenters. The summed E-state index contributed by atoms with van der Waals surface area (Å²) in [6.45, 7) is 8.01. The molecule has 3 N–H and O–H groups in total. The van der Waals surface area contributed by atoms with E-state index in [-0.39, 0.29) is 24.9 Å². The largest absolute Gasteiger partial charge is 0.495 e. The van der Waals surface area contributed by atoms with Crippen LogP contribution in [-0.4, -0.2) is 78.1 Å². The van der Waals surface area contributed by atoms with Crippen LogP contribution in [0.3, 0.4) is 0 Å². The number of aryl methyl sites for hydroxylation is 1. The molecule has 2 aromatic carbocycles. The Hall–Kier alpha value is -3.36. The summed E-state index contributed by atoms with van der Waals surface area (Å²) in [5, 5.41) is 9.01. The lowest BCUT2D eigenvalue weighted by molar-refractivity contribution is -0.0864. The predicted octanol–water partition coefficient (Wildman–Crippen LogP) is 5.18. The molecule has 1 heterocycles. The van der Waals surface area contributed by atoms with Crippen molar-refractivity contribution < 1.29 is 30.7 Å². The molecule has 1 saturated heterocycles. The van der Waals surface area contributed by atoms with Gasteiger partial charge in [-0.05, 0) is 69.6 Å². The van der Waals surface area contributed by atoms with Gasteiger partial charge in [0.1, 0.15) is 24.1 Å². The van der Waals surface area contributed by atoms with Gasteiger partial charge < -0.3 is 25.6 Å². The van der Waals surface area contributed by atoms with E-state index in [9.17, 15) is 21.6 Å². The van der Waals surface area contributed by atoms with Crippen molar-refractivity contribution in [2.24, 2.45) is 4.99 Å². The van der Waals surface area contributed by atoms with E-state index in [4.69, 9.17) is 4.74 Å². The highest BCUT2D eigenvalue weighted by molar-refractivity contribution is 7.92. The number of piperidine rings is 1. The molecule has 0 unspecified atom stereocenters. The number of alkyl halides is 3. The Kier molecular flexibility index (Phi) is 12.7. The molecule has 14 heteroatoms. The minimum Gasteiger partial charge on any atom is -0.495 e. The number of hydrogen-bond acceptors (Lipinski definition) is 7. The van der Waals surface area contributed by atoms with Crippen LogP contribution in [-0.2, 0) is 23.1 Å².